The van der Waals surface area contributed by atoms with Gasteiger partial charge < -0.3 is 5.32 Å². The van der Waals surface area contributed by atoms with E-state index in [1.165, 1.54) is 17.3 Å². The number of nitrogens with zero attached hydrogens (tertiary/aromatic N) is 3. The number of anilines is 1. The molecule has 0 aliphatic carbocycles. The van der Waals surface area contributed by atoms with Gasteiger partial charge in [-0.1, -0.05) is 73.6 Å². The number of rotatable bonds is 8. The van der Waals surface area contributed by atoms with Crippen LogP contribution < -0.4 is 5.32 Å². The third kappa shape index (κ3) is 5.32. The van der Waals surface area contributed by atoms with E-state index in [1.54, 1.807) is 18.2 Å². The van der Waals surface area contributed by atoms with Crippen LogP contribution >= 0.6 is 23.4 Å². The van der Waals surface area contributed by atoms with Crippen LogP contribution in [0.1, 0.15) is 30.9 Å². The van der Waals surface area contributed by atoms with Crippen molar-refractivity contribution in [2.45, 2.75) is 38.4 Å². The van der Waals surface area contributed by atoms with Gasteiger partial charge in [0.1, 0.15) is 0 Å². The van der Waals surface area contributed by atoms with Crippen molar-refractivity contribution in [3.63, 3.8) is 0 Å². The van der Waals surface area contributed by atoms with Crippen LogP contribution in [0.2, 0.25) is 5.02 Å². The quantitative estimate of drug-likeness (QED) is 0.347. The van der Waals surface area contributed by atoms with Gasteiger partial charge in [0.05, 0.1) is 5.75 Å². The number of thioether (sulfide) groups is 1. The molecule has 0 atom stereocenters. The molecule has 2 aromatic carbocycles. The third-order valence-corrected chi connectivity index (χ3v) is 5.87. The number of hydrogen-bond donors (Lipinski definition) is 1. The molecule has 156 valence electrons. The molecule has 5 nitrogen and oxygen atoms in total. The fourth-order valence-corrected chi connectivity index (χ4v) is 3.88. The molecule has 1 amide bonds. The van der Waals surface area contributed by atoms with Crippen molar-refractivity contribution in [2.24, 2.45) is 0 Å². The maximum Gasteiger partial charge on any atom is 0.234 e. The van der Waals surface area contributed by atoms with Crippen LogP contribution in [-0.2, 0) is 11.3 Å². The van der Waals surface area contributed by atoms with Gasteiger partial charge in [-0.25, -0.2) is 0 Å². The maximum atomic E-state index is 12.4. The molecule has 3 rings (SSSR count). The Morgan fingerprint density at radius 2 is 1.97 bits per heavy atom. The zero-order chi connectivity index (χ0) is 21.7. The molecule has 7 heteroatoms. The van der Waals surface area contributed by atoms with E-state index < -0.39 is 0 Å². The van der Waals surface area contributed by atoms with Gasteiger partial charge in [0, 0.05) is 22.8 Å². The summed E-state index contributed by atoms with van der Waals surface area (Å²) in [4.78, 5) is 12.4. The van der Waals surface area contributed by atoms with Crippen LogP contribution in [-0.4, -0.2) is 26.4 Å². The molecule has 1 N–H and O–H groups in total. The molecule has 0 fully saturated rings. The van der Waals surface area contributed by atoms with Gasteiger partial charge in [-0.2, -0.15) is 0 Å². The highest BCUT2D eigenvalue weighted by Gasteiger charge is 2.15. The molecule has 0 radical (unpaired) electrons. The van der Waals surface area contributed by atoms with Crippen LogP contribution in [0.4, 0.5) is 5.69 Å². The average Bonchev–Trinajstić information content (AvgIpc) is 3.12. The van der Waals surface area contributed by atoms with Crippen LogP contribution in [0.15, 0.2) is 60.3 Å². The van der Waals surface area contributed by atoms with Crippen molar-refractivity contribution < 1.29 is 4.79 Å². The number of carbonyl (C=O) groups is 1. The number of amides is 1. The number of halogens is 1. The molecule has 3 aromatic rings. The zero-order valence-corrected chi connectivity index (χ0v) is 18.9. The molecule has 0 bridgehead atoms. The lowest BCUT2D eigenvalue weighted by atomic mass is 10.0. The summed E-state index contributed by atoms with van der Waals surface area (Å²) in [5, 5.41) is 12.8. The van der Waals surface area contributed by atoms with E-state index in [9.17, 15) is 4.79 Å². The Bertz CT molecular complexity index is 1040. The number of carbonyl (C=O) groups excluding carboxylic acids is 1. The van der Waals surface area contributed by atoms with Crippen LogP contribution in [0, 0.1) is 6.92 Å². The predicted molar refractivity (Wildman–Crippen MR) is 125 cm³/mol. The monoisotopic (exact) mass is 440 g/mol. The van der Waals surface area contributed by atoms with Gasteiger partial charge in [0.25, 0.3) is 0 Å². The highest BCUT2D eigenvalue weighted by Crippen LogP contribution is 2.26. The van der Waals surface area contributed by atoms with E-state index in [-0.39, 0.29) is 11.7 Å². The minimum atomic E-state index is -0.124. The first kappa shape index (κ1) is 22.1. The minimum Gasteiger partial charge on any atom is -0.325 e. The summed E-state index contributed by atoms with van der Waals surface area (Å²) in [6.45, 7) is 10.7. The minimum absolute atomic E-state index is 0.124. The average molecular weight is 441 g/mol. The zero-order valence-electron chi connectivity index (χ0n) is 17.4. The first-order valence-electron chi connectivity index (χ1n) is 9.72. The summed E-state index contributed by atoms with van der Waals surface area (Å²) in [5.74, 6) is 1.33. The van der Waals surface area contributed by atoms with Gasteiger partial charge in [-0.05, 0) is 36.1 Å². The Labute approximate surface area is 186 Å². The molecule has 1 aromatic heterocycles. The third-order valence-electron chi connectivity index (χ3n) is 4.67. The fraction of sp³-hybridized carbons (Fsp3) is 0.261. The molecule has 0 unspecified atom stereocenters. The Kier molecular flexibility index (Phi) is 7.34. The van der Waals surface area contributed by atoms with Crippen LogP contribution in [0.25, 0.3) is 11.4 Å². The number of benzene rings is 2. The number of nitrogens with one attached hydrogen (secondary N) is 1. The second-order valence-electron chi connectivity index (χ2n) is 7.28. The number of aromatic nitrogens is 3. The van der Waals surface area contributed by atoms with Gasteiger partial charge in [0.15, 0.2) is 11.0 Å². The lowest BCUT2D eigenvalue weighted by Gasteiger charge is -2.10. The largest absolute Gasteiger partial charge is 0.325 e. The van der Waals surface area contributed by atoms with E-state index in [1.807, 2.05) is 17.6 Å². The Morgan fingerprint density at radius 1 is 1.23 bits per heavy atom. The topological polar surface area (TPSA) is 59.8 Å². The van der Waals surface area contributed by atoms with Gasteiger partial charge in [-0.3, -0.25) is 9.36 Å². The first-order chi connectivity index (χ1) is 14.4. The van der Waals surface area contributed by atoms with Crippen LogP contribution in [0.5, 0.6) is 0 Å². The summed E-state index contributed by atoms with van der Waals surface area (Å²) < 4.78 is 1.97. The van der Waals surface area contributed by atoms with Crippen molar-refractivity contribution in [1.29, 1.82) is 0 Å². The second-order valence-corrected chi connectivity index (χ2v) is 8.66. The van der Waals surface area contributed by atoms with E-state index in [0.717, 1.165) is 17.0 Å². The van der Waals surface area contributed by atoms with Crippen molar-refractivity contribution in [1.82, 2.24) is 14.8 Å². The van der Waals surface area contributed by atoms with Crippen molar-refractivity contribution >= 4 is 35.0 Å². The molecular formula is C23H25ClN4OS. The molecule has 0 aliphatic rings. The molecular weight excluding hydrogens is 416 g/mol. The number of aryl methyl sites for hydroxylation is 1. The Balaban J connectivity index is 1.74. The molecule has 0 saturated heterocycles. The van der Waals surface area contributed by atoms with E-state index in [4.69, 9.17) is 11.6 Å². The predicted octanol–water partition coefficient (Wildman–Crippen LogP) is 5.95. The maximum absolute atomic E-state index is 12.4. The highest BCUT2D eigenvalue weighted by atomic mass is 35.5. The number of allylic oxidation sites excluding steroid dienone is 1. The summed E-state index contributed by atoms with van der Waals surface area (Å²) in [6.07, 6.45) is 1.80. The van der Waals surface area contributed by atoms with Crippen molar-refractivity contribution in [3.8, 4) is 11.4 Å². The number of hydrogen-bond acceptors (Lipinski definition) is 4. The first-order valence-corrected chi connectivity index (χ1v) is 11.1. The van der Waals surface area contributed by atoms with Crippen molar-refractivity contribution in [2.75, 3.05) is 11.1 Å². The lowest BCUT2D eigenvalue weighted by Crippen LogP contribution is -2.15. The SMILES string of the molecule is C=CCn1c(SCC(=O)Nc2cc(Cl)ccc2C)nnc1-c1ccc(C(C)C)cc1. The molecule has 1 heterocycles. The van der Waals surface area contributed by atoms with Crippen molar-refractivity contribution in [3.05, 3.63) is 71.3 Å². The summed E-state index contributed by atoms with van der Waals surface area (Å²) in [6, 6.07) is 13.8. The summed E-state index contributed by atoms with van der Waals surface area (Å²) >= 11 is 7.37. The van der Waals surface area contributed by atoms with Gasteiger partial charge in [0.2, 0.25) is 5.91 Å². The second kappa shape index (κ2) is 9.96. The Hall–Kier alpha value is -2.57. The molecule has 0 aliphatic heterocycles. The standard InChI is InChI=1S/C23H25ClN4OS/c1-5-12-28-22(18-9-7-17(8-10-18)15(2)3)26-27-23(28)30-14-21(29)25-20-13-19(24)11-6-16(20)4/h5-11,13,15H,1,12,14H2,2-4H3,(H,25,29). The normalized spacial score (nSPS) is 11.0. The highest BCUT2D eigenvalue weighted by molar-refractivity contribution is 7.99. The van der Waals surface area contributed by atoms with Gasteiger partial charge >= 0.3 is 0 Å². The van der Waals surface area contributed by atoms with E-state index in [2.05, 4.69) is 60.2 Å². The van der Waals surface area contributed by atoms with Crippen LogP contribution in [0.3, 0.4) is 0 Å². The fourth-order valence-electron chi connectivity index (χ4n) is 2.97. The molecule has 30 heavy (non-hydrogen) atoms. The summed E-state index contributed by atoms with van der Waals surface area (Å²) in [7, 11) is 0. The molecule has 0 saturated carbocycles. The summed E-state index contributed by atoms with van der Waals surface area (Å²) in [5.41, 5.74) is 3.93. The molecule has 0 spiro atoms. The van der Waals surface area contributed by atoms with E-state index in [0.29, 0.717) is 28.3 Å². The Morgan fingerprint density at radius 3 is 2.63 bits per heavy atom. The van der Waals surface area contributed by atoms with E-state index >= 15 is 0 Å². The smallest absolute Gasteiger partial charge is 0.234 e. The lowest BCUT2D eigenvalue weighted by molar-refractivity contribution is -0.113. The van der Waals surface area contributed by atoms with Gasteiger partial charge in [-0.15, -0.1) is 16.8 Å².